The second-order valence-electron chi connectivity index (χ2n) is 7.19. The number of primary amides is 1. The van der Waals surface area contributed by atoms with Gasteiger partial charge < -0.3 is 25.1 Å². The number of hydrogen-bond donors (Lipinski definition) is 2. The zero-order valence-electron chi connectivity index (χ0n) is 18.0. The summed E-state index contributed by atoms with van der Waals surface area (Å²) in [6.45, 7) is 6.66. The molecule has 0 fully saturated rings. The Hall–Kier alpha value is -2.75. The van der Waals surface area contributed by atoms with E-state index in [1.54, 1.807) is 39.3 Å². The summed E-state index contributed by atoms with van der Waals surface area (Å²) in [4.78, 5) is 23.8. The van der Waals surface area contributed by atoms with Crippen molar-refractivity contribution in [3.63, 3.8) is 0 Å². The first-order valence-electron chi connectivity index (χ1n) is 9.65. The third-order valence-electron chi connectivity index (χ3n) is 4.24. The van der Waals surface area contributed by atoms with Crippen molar-refractivity contribution in [1.82, 2.24) is 14.8 Å². The smallest absolute Gasteiger partial charge is 0.237 e. The third-order valence-corrected chi connectivity index (χ3v) is 5.32. The number of nitrogens with zero attached hydrogens (tertiary/aromatic N) is 3. The van der Waals surface area contributed by atoms with E-state index in [0.29, 0.717) is 47.1 Å². The highest BCUT2D eigenvalue weighted by Crippen LogP contribution is 2.30. The summed E-state index contributed by atoms with van der Waals surface area (Å²) in [6.07, 6.45) is 0.623. The minimum Gasteiger partial charge on any atom is -0.493 e. The number of thioether (sulfide) groups is 1. The van der Waals surface area contributed by atoms with Gasteiger partial charge in [-0.05, 0) is 25.0 Å². The Balaban J connectivity index is 2.11. The highest BCUT2D eigenvalue weighted by atomic mass is 32.2. The van der Waals surface area contributed by atoms with E-state index in [-0.39, 0.29) is 18.2 Å². The number of benzene rings is 1. The van der Waals surface area contributed by atoms with Gasteiger partial charge in [0.1, 0.15) is 5.82 Å². The van der Waals surface area contributed by atoms with Crippen LogP contribution in [0.15, 0.2) is 23.4 Å². The van der Waals surface area contributed by atoms with Crippen LogP contribution in [-0.2, 0) is 22.6 Å². The quantitative estimate of drug-likeness (QED) is 0.520. The maximum absolute atomic E-state index is 12.7. The van der Waals surface area contributed by atoms with Gasteiger partial charge in [0.2, 0.25) is 11.8 Å². The largest absolute Gasteiger partial charge is 0.493 e. The van der Waals surface area contributed by atoms with Gasteiger partial charge in [-0.25, -0.2) is 0 Å². The Kier molecular flexibility index (Phi) is 8.52. The molecule has 0 radical (unpaired) electrons. The van der Waals surface area contributed by atoms with E-state index in [9.17, 15) is 9.59 Å². The summed E-state index contributed by atoms with van der Waals surface area (Å²) in [5.74, 6) is 1.60. The first-order valence-corrected chi connectivity index (χ1v) is 10.5. The average Bonchev–Trinajstić information content (AvgIpc) is 3.06. The van der Waals surface area contributed by atoms with Crippen molar-refractivity contribution in [3.05, 3.63) is 24.0 Å². The molecule has 0 bridgehead atoms. The topological polar surface area (TPSA) is 121 Å². The van der Waals surface area contributed by atoms with Crippen LogP contribution in [0.3, 0.4) is 0 Å². The fourth-order valence-corrected chi connectivity index (χ4v) is 3.62. The predicted octanol–water partition coefficient (Wildman–Crippen LogP) is 2.49. The minimum atomic E-state index is -0.419. The maximum atomic E-state index is 12.7. The Labute approximate surface area is 180 Å². The molecule has 1 aromatic heterocycles. The maximum Gasteiger partial charge on any atom is 0.237 e. The van der Waals surface area contributed by atoms with Crippen LogP contribution in [0.1, 0.15) is 33.0 Å². The van der Waals surface area contributed by atoms with E-state index in [2.05, 4.69) is 29.4 Å². The van der Waals surface area contributed by atoms with Crippen molar-refractivity contribution in [1.29, 1.82) is 0 Å². The molecule has 0 spiro atoms. The molecular formula is C20H29N5O4S. The van der Waals surface area contributed by atoms with Crippen molar-refractivity contribution in [2.75, 3.05) is 19.5 Å². The van der Waals surface area contributed by atoms with Crippen LogP contribution in [0.4, 0.5) is 5.69 Å². The van der Waals surface area contributed by atoms with Crippen LogP contribution in [0.25, 0.3) is 0 Å². The standard InChI is InChI=1S/C20H29N5O4S/c1-12(2)11-25-18(9-8-17(21)26)23-24-20(25)30-13(3)19(27)22-14-6-7-15(28-4)16(10-14)29-5/h6-7,10,12-13H,8-9,11H2,1-5H3,(H2,21,26)(H,22,27). The van der Waals surface area contributed by atoms with E-state index in [1.165, 1.54) is 11.8 Å². The molecular weight excluding hydrogens is 406 g/mol. The molecule has 2 aromatic rings. The second kappa shape index (κ2) is 10.9. The van der Waals surface area contributed by atoms with Gasteiger partial charge in [-0.1, -0.05) is 25.6 Å². The van der Waals surface area contributed by atoms with E-state index in [1.807, 2.05) is 4.57 Å². The van der Waals surface area contributed by atoms with Crippen molar-refractivity contribution in [3.8, 4) is 11.5 Å². The summed E-state index contributed by atoms with van der Waals surface area (Å²) >= 11 is 1.32. The van der Waals surface area contributed by atoms with Gasteiger partial charge in [-0.2, -0.15) is 0 Å². The van der Waals surface area contributed by atoms with Gasteiger partial charge in [-0.15, -0.1) is 10.2 Å². The van der Waals surface area contributed by atoms with Gasteiger partial charge in [0.15, 0.2) is 16.7 Å². The van der Waals surface area contributed by atoms with Crippen molar-refractivity contribution >= 4 is 29.3 Å². The van der Waals surface area contributed by atoms with E-state index in [0.717, 1.165) is 0 Å². The number of amides is 2. The lowest BCUT2D eigenvalue weighted by Gasteiger charge is -2.15. The highest BCUT2D eigenvalue weighted by molar-refractivity contribution is 8.00. The molecule has 2 amide bonds. The second-order valence-corrected chi connectivity index (χ2v) is 8.50. The normalized spacial score (nSPS) is 11.9. The Morgan fingerprint density at radius 2 is 1.87 bits per heavy atom. The van der Waals surface area contributed by atoms with Gasteiger partial charge in [0.05, 0.1) is 19.5 Å². The molecule has 164 valence electrons. The third kappa shape index (κ3) is 6.38. The van der Waals surface area contributed by atoms with Crippen LogP contribution < -0.4 is 20.5 Å². The Bertz CT molecular complexity index is 884. The van der Waals surface area contributed by atoms with Crippen LogP contribution in [0.5, 0.6) is 11.5 Å². The number of rotatable bonds is 11. The summed E-state index contributed by atoms with van der Waals surface area (Å²) in [5, 5.41) is 11.5. The molecule has 1 heterocycles. The fourth-order valence-electron chi connectivity index (χ4n) is 2.74. The van der Waals surface area contributed by atoms with E-state index in [4.69, 9.17) is 15.2 Å². The molecule has 30 heavy (non-hydrogen) atoms. The highest BCUT2D eigenvalue weighted by Gasteiger charge is 2.21. The molecule has 0 saturated carbocycles. The first-order chi connectivity index (χ1) is 14.2. The average molecular weight is 436 g/mol. The molecule has 1 aromatic carbocycles. The summed E-state index contributed by atoms with van der Waals surface area (Å²) in [5.41, 5.74) is 5.87. The zero-order valence-corrected chi connectivity index (χ0v) is 18.8. The van der Waals surface area contributed by atoms with Crippen molar-refractivity contribution in [2.45, 2.75) is 50.6 Å². The lowest BCUT2D eigenvalue weighted by Crippen LogP contribution is -2.23. The lowest BCUT2D eigenvalue weighted by atomic mass is 10.2. The number of nitrogens with one attached hydrogen (secondary N) is 1. The number of aryl methyl sites for hydroxylation is 1. The molecule has 10 heteroatoms. The SMILES string of the molecule is COc1ccc(NC(=O)C(C)Sc2nnc(CCC(N)=O)n2CC(C)C)cc1OC. The number of carbonyl (C=O) groups is 2. The summed E-state index contributed by atoms with van der Waals surface area (Å²) < 4.78 is 12.4. The number of ether oxygens (including phenoxy) is 2. The minimum absolute atomic E-state index is 0.176. The van der Waals surface area contributed by atoms with Gasteiger partial charge >= 0.3 is 0 Å². The van der Waals surface area contributed by atoms with Crippen molar-refractivity contribution in [2.24, 2.45) is 11.7 Å². The number of hydrogen-bond acceptors (Lipinski definition) is 7. The molecule has 9 nitrogen and oxygen atoms in total. The summed E-state index contributed by atoms with van der Waals surface area (Å²) in [6, 6.07) is 5.19. The fraction of sp³-hybridized carbons (Fsp3) is 0.500. The first kappa shape index (κ1) is 23.5. The van der Waals surface area contributed by atoms with Crippen LogP contribution in [0.2, 0.25) is 0 Å². The van der Waals surface area contributed by atoms with Gasteiger partial charge in [-0.3, -0.25) is 9.59 Å². The van der Waals surface area contributed by atoms with Gasteiger partial charge in [0, 0.05) is 31.1 Å². The molecule has 0 saturated heterocycles. The summed E-state index contributed by atoms with van der Waals surface area (Å²) in [7, 11) is 3.10. The molecule has 1 atom stereocenters. The molecule has 2 rings (SSSR count). The van der Waals surface area contributed by atoms with Crippen molar-refractivity contribution < 1.29 is 19.1 Å². The Morgan fingerprint density at radius 1 is 1.17 bits per heavy atom. The van der Waals surface area contributed by atoms with E-state index >= 15 is 0 Å². The number of methoxy groups -OCH3 is 2. The molecule has 1 unspecified atom stereocenters. The number of carbonyl (C=O) groups excluding carboxylic acids is 2. The van der Waals surface area contributed by atoms with Gasteiger partial charge in [0.25, 0.3) is 0 Å². The number of nitrogens with two attached hydrogens (primary N) is 1. The molecule has 0 aliphatic rings. The van der Waals surface area contributed by atoms with Crippen LogP contribution in [-0.4, -0.2) is 46.0 Å². The van der Waals surface area contributed by atoms with Crippen LogP contribution >= 0.6 is 11.8 Å². The Morgan fingerprint density at radius 3 is 2.47 bits per heavy atom. The van der Waals surface area contributed by atoms with E-state index < -0.39 is 5.25 Å². The zero-order chi connectivity index (χ0) is 22.3. The number of anilines is 1. The molecule has 3 N–H and O–H groups in total. The molecule has 0 aliphatic carbocycles. The monoisotopic (exact) mass is 435 g/mol. The van der Waals surface area contributed by atoms with Crippen LogP contribution in [0, 0.1) is 5.92 Å². The lowest BCUT2D eigenvalue weighted by molar-refractivity contribution is -0.118. The number of aromatic nitrogens is 3. The predicted molar refractivity (Wildman–Crippen MR) is 116 cm³/mol. The molecule has 0 aliphatic heterocycles.